The summed E-state index contributed by atoms with van der Waals surface area (Å²) in [7, 11) is 0. The van der Waals surface area contributed by atoms with E-state index in [0.717, 1.165) is 0 Å². The number of aliphatic carboxylic acids is 4. The molecule has 0 heterocycles. The molecule has 0 aliphatic heterocycles. The zero-order chi connectivity index (χ0) is 17.0. The number of carboxylic acids is 4. The molecular weight excluding hydrogens is 343 g/mol. The van der Waals surface area contributed by atoms with E-state index in [9.17, 15) is 29.4 Å². The Morgan fingerprint density at radius 3 is 1.18 bits per heavy atom. The molecule has 0 aromatic carbocycles. The summed E-state index contributed by atoms with van der Waals surface area (Å²) in [5.74, 6) is -10.8. The Morgan fingerprint density at radius 1 is 0.727 bits per heavy atom. The summed E-state index contributed by atoms with van der Waals surface area (Å²) >= 11 is 11.9. The molecule has 2 saturated carbocycles. The van der Waals surface area contributed by atoms with E-state index in [2.05, 4.69) is 0 Å². The number of halogens is 2. The number of rotatable bonds is 4. The zero-order valence-electron chi connectivity index (χ0n) is 10.9. The molecule has 0 aromatic heterocycles. The topological polar surface area (TPSA) is 149 Å². The number of hydrogen-bond donors (Lipinski definition) is 4. The summed E-state index contributed by atoms with van der Waals surface area (Å²) in [6, 6.07) is 0. The second-order valence-electron chi connectivity index (χ2n) is 5.61. The molecule has 2 rings (SSSR count). The van der Waals surface area contributed by atoms with Crippen molar-refractivity contribution in [2.45, 2.75) is 22.6 Å². The lowest BCUT2D eigenvalue weighted by Gasteiger charge is -2.61. The molecule has 2 fully saturated rings. The van der Waals surface area contributed by atoms with Crippen LogP contribution >= 0.6 is 23.2 Å². The summed E-state index contributed by atoms with van der Waals surface area (Å²) in [6.07, 6.45) is -0.705. The first-order valence-electron chi connectivity index (χ1n) is 6.29. The van der Waals surface area contributed by atoms with Gasteiger partial charge in [0.1, 0.15) is 0 Å². The first kappa shape index (κ1) is 16.8. The fraction of sp³-hybridized carbons (Fsp3) is 0.667. The molecule has 0 aromatic rings. The zero-order valence-corrected chi connectivity index (χ0v) is 12.4. The van der Waals surface area contributed by atoms with Crippen LogP contribution in [-0.2, 0) is 19.2 Å². The minimum Gasteiger partial charge on any atom is -0.481 e. The highest BCUT2D eigenvalue weighted by atomic mass is 35.5. The first-order valence-corrected chi connectivity index (χ1v) is 7.05. The summed E-state index contributed by atoms with van der Waals surface area (Å²) < 4.78 is 0. The van der Waals surface area contributed by atoms with Gasteiger partial charge >= 0.3 is 23.9 Å². The van der Waals surface area contributed by atoms with E-state index in [4.69, 9.17) is 33.4 Å². The maximum Gasteiger partial charge on any atom is 0.327 e. The molecule has 0 amide bonds. The third-order valence-electron chi connectivity index (χ3n) is 4.80. The largest absolute Gasteiger partial charge is 0.481 e. The smallest absolute Gasteiger partial charge is 0.327 e. The van der Waals surface area contributed by atoms with Gasteiger partial charge in [0, 0.05) is 0 Å². The van der Waals surface area contributed by atoms with E-state index in [1.54, 1.807) is 0 Å². The lowest BCUT2D eigenvalue weighted by molar-refractivity contribution is -0.179. The van der Waals surface area contributed by atoms with Crippen molar-refractivity contribution in [3.8, 4) is 0 Å². The summed E-state index contributed by atoms with van der Waals surface area (Å²) in [6.45, 7) is 0. The second kappa shape index (κ2) is 4.99. The average molecular weight is 355 g/mol. The van der Waals surface area contributed by atoms with Crippen LogP contribution in [0, 0.1) is 23.7 Å². The van der Waals surface area contributed by atoms with Crippen molar-refractivity contribution in [2.75, 3.05) is 0 Å². The summed E-state index contributed by atoms with van der Waals surface area (Å²) in [5, 5.41) is 36.8. The van der Waals surface area contributed by atoms with E-state index >= 15 is 0 Å². The van der Waals surface area contributed by atoms with Crippen LogP contribution in [0.5, 0.6) is 0 Å². The Morgan fingerprint density at radius 2 is 1.00 bits per heavy atom. The number of carboxylic acid groups (broad SMARTS) is 4. The minimum absolute atomic E-state index is 0.353. The van der Waals surface area contributed by atoms with Gasteiger partial charge in [0.25, 0.3) is 0 Å². The Hall–Kier alpha value is -1.54. The Balaban J connectivity index is 2.47. The normalized spacial score (nSPS) is 43.5. The summed E-state index contributed by atoms with van der Waals surface area (Å²) in [5.41, 5.74) is 0. The maximum atomic E-state index is 11.4. The lowest BCUT2D eigenvalue weighted by Crippen LogP contribution is -2.78. The van der Waals surface area contributed by atoms with Gasteiger partial charge in [0.15, 0.2) is 9.75 Å². The number of hydrogen-bond acceptors (Lipinski definition) is 4. The van der Waals surface area contributed by atoms with Gasteiger partial charge < -0.3 is 20.4 Å². The van der Waals surface area contributed by atoms with Crippen molar-refractivity contribution in [1.82, 2.24) is 0 Å². The Bertz CT molecular complexity index is 527. The van der Waals surface area contributed by atoms with Crippen molar-refractivity contribution in [2.24, 2.45) is 23.7 Å². The molecule has 8 nitrogen and oxygen atoms in total. The number of carbonyl (C=O) groups is 4. The highest BCUT2D eigenvalue weighted by Gasteiger charge is 2.80. The highest BCUT2D eigenvalue weighted by molar-refractivity contribution is 6.49. The SMILES string of the molecule is O=C(O)C1CC2C(CC1C(=O)O)C(Cl)(C(=O)O)C2(Cl)C(=O)O. The van der Waals surface area contributed by atoms with Crippen molar-refractivity contribution in [1.29, 1.82) is 0 Å². The quantitative estimate of drug-likeness (QED) is 0.534. The van der Waals surface area contributed by atoms with E-state index in [1.165, 1.54) is 0 Å². The van der Waals surface area contributed by atoms with Gasteiger partial charge in [0.2, 0.25) is 0 Å². The van der Waals surface area contributed by atoms with Crippen molar-refractivity contribution < 1.29 is 39.6 Å². The highest BCUT2D eigenvalue weighted by Crippen LogP contribution is 2.66. The lowest BCUT2D eigenvalue weighted by atomic mass is 9.47. The predicted octanol–water partition coefficient (Wildman–Crippen LogP) is 0.552. The molecule has 2 aliphatic rings. The Labute approximate surface area is 133 Å². The summed E-state index contributed by atoms with van der Waals surface area (Å²) in [4.78, 5) is 40.5. The maximum absolute atomic E-state index is 11.4. The van der Waals surface area contributed by atoms with Crippen LogP contribution in [0.2, 0.25) is 0 Å². The van der Waals surface area contributed by atoms with E-state index in [-0.39, 0.29) is 12.8 Å². The van der Waals surface area contributed by atoms with Crippen LogP contribution in [0.3, 0.4) is 0 Å². The second-order valence-corrected chi connectivity index (χ2v) is 6.80. The van der Waals surface area contributed by atoms with Crippen LogP contribution in [0.4, 0.5) is 0 Å². The molecule has 0 spiro atoms. The van der Waals surface area contributed by atoms with Crippen LogP contribution in [0.15, 0.2) is 0 Å². The molecule has 2 aliphatic carbocycles. The van der Waals surface area contributed by atoms with E-state index in [0.29, 0.717) is 0 Å². The molecule has 0 saturated heterocycles. The van der Waals surface area contributed by atoms with Crippen molar-refractivity contribution in [3.05, 3.63) is 0 Å². The fourth-order valence-corrected chi connectivity index (χ4v) is 4.63. The molecule has 122 valence electrons. The van der Waals surface area contributed by atoms with Gasteiger partial charge in [0.05, 0.1) is 11.8 Å². The minimum atomic E-state index is -2.37. The first-order chi connectivity index (χ1) is 9.99. The van der Waals surface area contributed by atoms with Gasteiger partial charge in [-0.3, -0.25) is 19.2 Å². The molecule has 0 bridgehead atoms. The van der Waals surface area contributed by atoms with Crippen LogP contribution < -0.4 is 0 Å². The molecule has 10 heteroatoms. The van der Waals surface area contributed by atoms with Crippen molar-refractivity contribution in [3.63, 3.8) is 0 Å². The third-order valence-corrected chi connectivity index (χ3v) is 6.37. The molecule has 22 heavy (non-hydrogen) atoms. The van der Waals surface area contributed by atoms with Gasteiger partial charge in [-0.25, -0.2) is 0 Å². The number of alkyl halides is 2. The fourth-order valence-electron chi connectivity index (χ4n) is 3.70. The predicted molar refractivity (Wildman–Crippen MR) is 70.9 cm³/mol. The molecule has 6 atom stereocenters. The molecule has 0 radical (unpaired) electrons. The monoisotopic (exact) mass is 354 g/mol. The Kier molecular flexibility index (Phi) is 3.81. The third kappa shape index (κ3) is 1.83. The molecule has 6 unspecified atom stereocenters. The molecule has 4 N–H and O–H groups in total. The van der Waals surface area contributed by atoms with Gasteiger partial charge in [-0.1, -0.05) is 0 Å². The van der Waals surface area contributed by atoms with Crippen LogP contribution in [-0.4, -0.2) is 54.1 Å². The van der Waals surface area contributed by atoms with Gasteiger partial charge in [-0.15, -0.1) is 23.2 Å². The average Bonchev–Trinajstić information content (AvgIpc) is 2.43. The van der Waals surface area contributed by atoms with Gasteiger partial charge in [-0.05, 0) is 24.7 Å². The van der Waals surface area contributed by atoms with Crippen molar-refractivity contribution >= 4 is 47.1 Å². The molecular formula is C12H12Cl2O8. The van der Waals surface area contributed by atoms with Gasteiger partial charge in [-0.2, -0.15) is 0 Å². The standard InChI is InChI=1S/C12H12Cl2O8/c13-11(9(19)20)5-1-3(7(15)16)4(8(17)18)2-6(5)12(11,14)10(21)22/h3-6H,1-2H2,(H,15,16)(H,17,18)(H,19,20)(H,21,22). The van der Waals surface area contributed by atoms with E-state index in [1.807, 2.05) is 0 Å². The van der Waals surface area contributed by atoms with Crippen LogP contribution in [0.1, 0.15) is 12.8 Å². The van der Waals surface area contributed by atoms with E-state index < -0.39 is 57.3 Å². The van der Waals surface area contributed by atoms with Crippen LogP contribution in [0.25, 0.3) is 0 Å². The number of fused-ring (bicyclic) bond motifs is 1.